The fraction of sp³-hybridized carbons (Fsp3) is 0.776. The van der Waals surface area contributed by atoms with E-state index in [1.165, 1.54) is 71.5 Å². The molecule has 1 heterocycles. The van der Waals surface area contributed by atoms with E-state index in [9.17, 15) is 38.4 Å². The predicted octanol–water partition coefficient (Wildman–Crippen LogP) is 1.81. The van der Waals surface area contributed by atoms with Gasteiger partial charge in [-0.05, 0) is 46.0 Å². The third-order valence-corrected chi connectivity index (χ3v) is 11.3. The van der Waals surface area contributed by atoms with Gasteiger partial charge in [-0.25, -0.2) is 4.98 Å². The van der Waals surface area contributed by atoms with E-state index < -0.39 is 53.7 Å². The van der Waals surface area contributed by atoms with E-state index in [2.05, 4.69) is 41.9 Å². The molecule has 5 amide bonds. The Morgan fingerprint density at radius 1 is 0.583 bits per heavy atom. The number of carboxylic acids is 2. The van der Waals surface area contributed by atoms with Gasteiger partial charge in [-0.3, -0.25) is 43.7 Å². The van der Waals surface area contributed by atoms with Gasteiger partial charge in [-0.1, -0.05) is 77.0 Å². The average Bonchev–Trinajstić information content (AvgIpc) is 3.85. The first-order chi connectivity index (χ1) is 34.6. The molecule has 0 unspecified atom stereocenters. The molecule has 0 aromatic carbocycles. The summed E-state index contributed by atoms with van der Waals surface area (Å²) in [6.07, 6.45) is 21.1. The van der Waals surface area contributed by atoms with E-state index in [0.29, 0.717) is 38.1 Å². The van der Waals surface area contributed by atoms with E-state index >= 15 is 0 Å². The second-order valence-electron chi connectivity index (χ2n) is 18.2. The summed E-state index contributed by atoms with van der Waals surface area (Å²) in [4.78, 5) is 103. The van der Waals surface area contributed by atoms with E-state index in [4.69, 9.17) is 34.9 Å². The summed E-state index contributed by atoms with van der Waals surface area (Å²) in [5.41, 5.74) is 5.32. The Bertz CT molecular complexity index is 1670. The Hall–Kier alpha value is -5.07. The maximum atomic E-state index is 13.1. The van der Waals surface area contributed by atoms with Crippen LogP contribution < -0.4 is 37.6 Å². The zero-order valence-corrected chi connectivity index (χ0v) is 43.0. The predicted molar refractivity (Wildman–Crippen MR) is 268 cm³/mol. The molecule has 0 radical (unpaired) electrons. The standard InChI is InChI=1S/C49H87N9O14/c1-49(2,58-47(67)39(50)31-38-32-51-37-57-38)41(59)33-55-40(48(68)56-34-46(65)66)19-17-18-22-52-43(61)35-71-29-28-70-26-24-54-44(62)36-72-30-27-69-25-23-53-42(60)20-15-13-11-9-7-5-3-4-6-8-10-12-14-16-21-45(63)64/h32,37,39-40,55H,3-31,33-36,50H2,1-2H3,(H,51,57)(H,52,61)(H,53,60)(H,54,62)(H,56,68)(H,58,67)(H,63,64)(H,65,66)/t39-,40-/m0/s1. The molecule has 0 fully saturated rings. The van der Waals surface area contributed by atoms with Crippen LogP contribution in [-0.4, -0.2) is 171 Å². The second kappa shape index (κ2) is 42.4. The van der Waals surface area contributed by atoms with Crippen LogP contribution in [0.1, 0.15) is 142 Å². The molecule has 23 nitrogen and oxygen atoms in total. The molecule has 23 heteroatoms. The number of aromatic nitrogens is 2. The minimum Gasteiger partial charge on any atom is -0.481 e. The van der Waals surface area contributed by atoms with Crippen LogP contribution >= 0.6 is 0 Å². The molecular formula is C49H87N9O14. The maximum absolute atomic E-state index is 13.1. The molecule has 11 N–H and O–H groups in total. The number of ketones is 1. The lowest BCUT2D eigenvalue weighted by Crippen LogP contribution is -2.58. The third kappa shape index (κ3) is 37.7. The van der Waals surface area contributed by atoms with Gasteiger partial charge in [0.1, 0.15) is 19.8 Å². The quantitative estimate of drug-likeness (QED) is 0.0416. The number of imidazole rings is 1. The van der Waals surface area contributed by atoms with Crippen LogP contribution in [-0.2, 0) is 63.7 Å². The molecule has 412 valence electrons. The number of carboxylic acid groups (broad SMARTS) is 2. The summed E-state index contributed by atoms with van der Waals surface area (Å²) in [6.45, 7) is 4.19. The van der Waals surface area contributed by atoms with E-state index in [1.54, 1.807) is 6.20 Å². The van der Waals surface area contributed by atoms with Gasteiger partial charge in [0.2, 0.25) is 29.5 Å². The fourth-order valence-corrected chi connectivity index (χ4v) is 7.11. The van der Waals surface area contributed by atoms with Crippen LogP contribution in [0, 0.1) is 0 Å². The first-order valence-corrected chi connectivity index (χ1v) is 25.7. The molecule has 0 aliphatic carbocycles. The number of aromatic amines is 1. The number of hydrogen-bond donors (Lipinski definition) is 10. The largest absolute Gasteiger partial charge is 0.481 e. The topological polar surface area (TPSA) is 341 Å². The summed E-state index contributed by atoms with van der Waals surface area (Å²) in [6, 6.07) is -1.86. The van der Waals surface area contributed by atoms with Gasteiger partial charge in [0.15, 0.2) is 5.78 Å². The highest BCUT2D eigenvalue weighted by Gasteiger charge is 2.32. The Balaban J connectivity index is 2.01. The van der Waals surface area contributed by atoms with Crippen LogP contribution in [0.25, 0.3) is 0 Å². The van der Waals surface area contributed by atoms with Crippen LogP contribution in [0.5, 0.6) is 0 Å². The lowest BCUT2D eigenvalue weighted by molar-refractivity contribution is -0.138. The first kappa shape index (κ1) is 64.9. The lowest BCUT2D eigenvalue weighted by Gasteiger charge is -2.27. The number of carbonyl (C=O) groups excluding carboxylic acids is 6. The highest BCUT2D eigenvalue weighted by Crippen LogP contribution is 2.14. The number of nitrogens with two attached hydrogens (primary N) is 1. The smallest absolute Gasteiger partial charge is 0.322 e. The van der Waals surface area contributed by atoms with Crippen molar-refractivity contribution in [3.8, 4) is 0 Å². The fourth-order valence-electron chi connectivity index (χ4n) is 7.11. The molecule has 1 rings (SSSR count). The highest BCUT2D eigenvalue weighted by molar-refractivity contribution is 5.95. The van der Waals surface area contributed by atoms with E-state index in [-0.39, 0.29) is 103 Å². The van der Waals surface area contributed by atoms with Crippen molar-refractivity contribution in [2.45, 2.75) is 160 Å². The van der Waals surface area contributed by atoms with Gasteiger partial charge in [-0.2, -0.15) is 0 Å². The first-order valence-electron chi connectivity index (χ1n) is 25.7. The molecule has 0 aliphatic heterocycles. The summed E-state index contributed by atoms with van der Waals surface area (Å²) >= 11 is 0. The molecule has 0 spiro atoms. The lowest BCUT2D eigenvalue weighted by atomic mass is 9.97. The number of nitrogens with one attached hydrogen (secondary N) is 7. The average molecular weight is 1030 g/mol. The monoisotopic (exact) mass is 1030 g/mol. The molecule has 0 saturated heterocycles. The number of ether oxygens (including phenoxy) is 4. The van der Waals surface area contributed by atoms with Crippen molar-refractivity contribution in [3.63, 3.8) is 0 Å². The van der Waals surface area contributed by atoms with Crippen molar-refractivity contribution < 1.29 is 67.5 Å². The number of hydrogen-bond acceptors (Lipinski definition) is 15. The molecule has 0 saturated carbocycles. The van der Waals surface area contributed by atoms with Crippen molar-refractivity contribution >= 4 is 47.3 Å². The van der Waals surface area contributed by atoms with Crippen LogP contribution in [0.4, 0.5) is 0 Å². The van der Waals surface area contributed by atoms with Gasteiger partial charge in [-0.15, -0.1) is 0 Å². The number of carbonyl (C=O) groups is 8. The van der Waals surface area contributed by atoms with Crippen LogP contribution in [0.2, 0.25) is 0 Å². The van der Waals surface area contributed by atoms with E-state index in [1.807, 2.05) is 0 Å². The number of Topliss-reactive ketones (excluding diaryl/α,β-unsaturated/α-hetero) is 1. The second-order valence-corrected chi connectivity index (χ2v) is 18.2. The van der Waals surface area contributed by atoms with Crippen LogP contribution in [0.3, 0.4) is 0 Å². The minimum absolute atomic E-state index is 0.0205. The van der Waals surface area contributed by atoms with Crippen molar-refractivity contribution in [3.05, 3.63) is 18.2 Å². The SMILES string of the molecule is CC(C)(NC(=O)[C@@H](N)Cc1cnc[nH]1)C(=O)CN[C@@H](CCCCNC(=O)COCCOCCNC(=O)COCCOCCNC(=O)CCCCCCCCCCCCCCCCC(=O)O)C(=O)NCC(=O)O. The number of rotatable bonds is 49. The summed E-state index contributed by atoms with van der Waals surface area (Å²) in [5.74, 6) is -4.17. The molecular weight excluding hydrogens is 939 g/mol. The Kier molecular flexibility index (Phi) is 38.3. The molecule has 1 aromatic rings. The number of amides is 5. The molecule has 0 bridgehead atoms. The van der Waals surface area contributed by atoms with Crippen molar-refractivity contribution in [1.82, 2.24) is 41.9 Å². The summed E-state index contributed by atoms with van der Waals surface area (Å²) < 4.78 is 21.6. The minimum atomic E-state index is -1.33. The van der Waals surface area contributed by atoms with Gasteiger partial charge >= 0.3 is 11.9 Å². The molecule has 1 aromatic heterocycles. The van der Waals surface area contributed by atoms with Crippen molar-refractivity contribution in [2.75, 3.05) is 85.6 Å². The Morgan fingerprint density at radius 3 is 1.60 bits per heavy atom. The maximum Gasteiger partial charge on any atom is 0.322 e. The van der Waals surface area contributed by atoms with Gasteiger partial charge in [0.05, 0.1) is 70.1 Å². The van der Waals surface area contributed by atoms with Crippen molar-refractivity contribution in [1.29, 1.82) is 0 Å². The zero-order valence-electron chi connectivity index (χ0n) is 43.0. The van der Waals surface area contributed by atoms with E-state index in [0.717, 1.165) is 38.5 Å². The zero-order chi connectivity index (χ0) is 53.1. The summed E-state index contributed by atoms with van der Waals surface area (Å²) in [5, 5.41) is 33.7. The van der Waals surface area contributed by atoms with Gasteiger partial charge in [0.25, 0.3) is 0 Å². The molecule has 0 aliphatic rings. The van der Waals surface area contributed by atoms with Crippen LogP contribution in [0.15, 0.2) is 12.5 Å². The number of unbranched alkanes of at least 4 members (excludes halogenated alkanes) is 14. The number of aliphatic carboxylic acids is 2. The summed E-state index contributed by atoms with van der Waals surface area (Å²) in [7, 11) is 0. The Morgan fingerprint density at radius 2 is 1.08 bits per heavy atom. The number of nitrogens with zero attached hydrogens (tertiary/aromatic N) is 1. The molecule has 72 heavy (non-hydrogen) atoms. The Labute approximate surface area is 425 Å². The third-order valence-electron chi connectivity index (χ3n) is 11.3. The van der Waals surface area contributed by atoms with Gasteiger partial charge < -0.3 is 66.5 Å². The van der Waals surface area contributed by atoms with Crippen molar-refractivity contribution in [2.24, 2.45) is 5.73 Å². The van der Waals surface area contributed by atoms with Gasteiger partial charge in [0, 0.05) is 50.8 Å². The molecule has 2 atom stereocenters. The normalized spacial score (nSPS) is 12.2. The number of H-pyrrole nitrogens is 1. The highest BCUT2D eigenvalue weighted by atomic mass is 16.5.